The Morgan fingerprint density at radius 2 is 1.97 bits per heavy atom. The number of benzene rings is 2. The highest BCUT2D eigenvalue weighted by molar-refractivity contribution is 5.97. The van der Waals surface area contributed by atoms with E-state index < -0.39 is 10.8 Å². The second-order valence-electron chi connectivity index (χ2n) is 6.53. The van der Waals surface area contributed by atoms with E-state index >= 15 is 0 Å². The number of para-hydroxylation sites is 1. The zero-order chi connectivity index (χ0) is 21.6. The number of hydrogen-bond donors (Lipinski definition) is 1. The lowest BCUT2D eigenvalue weighted by Crippen LogP contribution is -2.23. The Labute approximate surface area is 177 Å². The number of aromatic nitrogens is 3. The number of non-ortho nitro benzene ring substituents is 1. The lowest BCUT2D eigenvalue weighted by molar-refractivity contribution is -0.384. The average molecular weight is 415 g/mol. The van der Waals surface area contributed by atoms with Gasteiger partial charge in [-0.3, -0.25) is 19.5 Å². The summed E-state index contributed by atoms with van der Waals surface area (Å²) in [6.07, 6.45) is 6.72. The quantitative estimate of drug-likeness (QED) is 0.362. The highest BCUT2D eigenvalue weighted by Gasteiger charge is 2.18. The molecule has 9 heteroatoms. The van der Waals surface area contributed by atoms with E-state index in [0.29, 0.717) is 11.6 Å². The Morgan fingerprint density at radius 1 is 1.13 bits per heavy atom. The molecule has 0 saturated heterocycles. The first-order valence-corrected chi connectivity index (χ1v) is 9.33. The van der Waals surface area contributed by atoms with Crippen LogP contribution in [0.1, 0.15) is 15.9 Å². The average Bonchev–Trinajstić information content (AvgIpc) is 3.34. The van der Waals surface area contributed by atoms with Gasteiger partial charge in [-0.15, -0.1) is 0 Å². The van der Waals surface area contributed by atoms with Crippen molar-refractivity contribution in [3.63, 3.8) is 0 Å². The van der Waals surface area contributed by atoms with Crippen molar-refractivity contribution in [1.82, 2.24) is 19.9 Å². The summed E-state index contributed by atoms with van der Waals surface area (Å²) in [4.78, 5) is 31.7. The van der Waals surface area contributed by atoms with Gasteiger partial charge in [0.2, 0.25) is 0 Å². The standard InChI is InChI=1S/C22H17N5O4/c28-22(25-14-16-6-9-21(24-13-16)26-11-10-23-15-26)19-12-17(27(29)30)7-8-20(19)31-18-4-2-1-3-5-18/h1-13,15H,14H2,(H,25,28). The number of hydrogen-bond acceptors (Lipinski definition) is 6. The van der Waals surface area contributed by atoms with Crippen molar-refractivity contribution in [1.29, 1.82) is 0 Å². The second-order valence-corrected chi connectivity index (χ2v) is 6.53. The summed E-state index contributed by atoms with van der Waals surface area (Å²) in [5.41, 5.74) is 0.645. The first-order chi connectivity index (χ1) is 15.1. The monoisotopic (exact) mass is 415 g/mol. The SMILES string of the molecule is O=C(NCc1ccc(-n2ccnc2)nc1)c1cc([N+](=O)[O-])ccc1Oc1ccccc1. The van der Waals surface area contributed by atoms with Crippen LogP contribution in [0.3, 0.4) is 0 Å². The molecule has 4 rings (SSSR count). The van der Waals surface area contributed by atoms with E-state index in [-0.39, 0.29) is 23.5 Å². The Hall–Kier alpha value is -4.53. The van der Waals surface area contributed by atoms with Crippen molar-refractivity contribution in [2.45, 2.75) is 6.54 Å². The number of imidazole rings is 1. The highest BCUT2D eigenvalue weighted by atomic mass is 16.6. The molecule has 0 saturated carbocycles. The molecular weight excluding hydrogens is 398 g/mol. The molecule has 2 heterocycles. The van der Waals surface area contributed by atoms with E-state index in [9.17, 15) is 14.9 Å². The molecule has 2 aromatic carbocycles. The van der Waals surface area contributed by atoms with Crippen LogP contribution in [0.4, 0.5) is 5.69 Å². The molecule has 4 aromatic rings. The van der Waals surface area contributed by atoms with Crippen LogP contribution in [-0.2, 0) is 6.54 Å². The summed E-state index contributed by atoms with van der Waals surface area (Å²) in [7, 11) is 0. The van der Waals surface area contributed by atoms with E-state index in [1.54, 1.807) is 59.8 Å². The molecule has 0 fully saturated rings. The van der Waals surface area contributed by atoms with Crippen LogP contribution in [0.5, 0.6) is 11.5 Å². The zero-order valence-electron chi connectivity index (χ0n) is 16.2. The van der Waals surface area contributed by atoms with Gasteiger partial charge in [0.15, 0.2) is 0 Å². The number of amides is 1. The molecule has 1 N–H and O–H groups in total. The molecule has 2 aromatic heterocycles. The van der Waals surface area contributed by atoms with Crippen molar-refractivity contribution in [3.8, 4) is 17.3 Å². The van der Waals surface area contributed by atoms with E-state index in [4.69, 9.17) is 4.74 Å². The maximum absolute atomic E-state index is 12.8. The number of nitro benzene ring substituents is 1. The largest absolute Gasteiger partial charge is 0.457 e. The van der Waals surface area contributed by atoms with Crippen molar-refractivity contribution in [3.05, 3.63) is 107 Å². The van der Waals surface area contributed by atoms with E-state index in [1.165, 1.54) is 18.2 Å². The molecule has 0 unspecified atom stereocenters. The predicted octanol–water partition coefficient (Wildman–Crippen LogP) is 3.90. The molecule has 0 radical (unpaired) electrons. The van der Waals surface area contributed by atoms with Gasteiger partial charge in [-0.25, -0.2) is 9.97 Å². The van der Waals surface area contributed by atoms with Gasteiger partial charge in [-0.1, -0.05) is 24.3 Å². The lowest BCUT2D eigenvalue weighted by atomic mass is 10.1. The number of ether oxygens (including phenoxy) is 1. The van der Waals surface area contributed by atoms with E-state index in [0.717, 1.165) is 5.56 Å². The second kappa shape index (κ2) is 8.87. The Bertz CT molecular complexity index is 1190. The Morgan fingerprint density at radius 3 is 2.65 bits per heavy atom. The van der Waals surface area contributed by atoms with Crippen molar-refractivity contribution in [2.24, 2.45) is 0 Å². The van der Waals surface area contributed by atoms with Crippen LogP contribution in [0.25, 0.3) is 5.82 Å². The summed E-state index contributed by atoms with van der Waals surface area (Å²) >= 11 is 0. The zero-order valence-corrected chi connectivity index (χ0v) is 16.2. The number of pyridine rings is 1. The van der Waals surface area contributed by atoms with Crippen LogP contribution in [0.15, 0.2) is 85.6 Å². The fraction of sp³-hybridized carbons (Fsp3) is 0.0455. The van der Waals surface area contributed by atoms with Gasteiger partial charge in [0.25, 0.3) is 11.6 Å². The van der Waals surface area contributed by atoms with Gasteiger partial charge in [0.1, 0.15) is 23.6 Å². The summed E-state index contributed by atoms with van der Waals surface area (Å²) in [5, 5.41) is 13.9. The molecule has 154 valence electrons. The third-order valence-corrected chi connectivity index (χ3v) is 4.42. The molecule has 9 nitrogen and oxygen atoms in total. The van der Waals surface area contributed by atoms with Crippen LogP contribution < -0.4 is 10.1 Å². The minimum Gasteiger partial charge on any atom is -0.457 e. The number of rotatable bonds is 7. The Balaban J connectivity index is 1.51. The van der Waals surface area contributed by atoms with Gasteiger partial charge in [0, 0.05) is 37.3 Å². The first kappa shape index (κ1) is 19.8. The Kier molecular flexibility index (Phi) is 5.66. The molecule has 0 aliphatic carbocycles. The maximum atomic E-state index is 12.8. The topological polar surface area (TPSA) is 112 Å². The van der Waals surface area contributed by atoms with Crippen molar-refractivity contribution < 1.29 is 14.5 Å². The van der Waals surface area contributed by atoms with E-state index in [2.05, 4.69) is 15.3 Å². The highest BCUT2D eigenvalue weighted by Crippen LogP contribution is 2.28. The fourth-order valence-corrected chi connectivity index (χ4v) is 2.86. The third kappa shape index (κ3) is 4.73. The maximum Gasteiger partial charge on any atom is 0.270 e. The number of nitro groups is 1. The minimum atomic E-state index is -0.554. The van der Waals surface area contributed by atoms with Gasteiger partial charge in [-0.2, -0.15) is 0 Å². The molecule has 0 atom stereocenters. The molecular formula is C22H17N5O4. The third-order valence-electron chi connectivity index (χ3n) is 4.42. The predicted molar refractivity (Wildman–Crippen MR) is 112 cm³/mol. The van der Waals surface area contributed by atoms with Crippen molar-refractivity contribution >= 4 is 11.6 Å². The summed E-state index contributed by atoms with van der Waals surface area (Å²) in [6.45, 7) is 0.198. The summed E-state index contributed by atoms with van der Waals surface area (Å²) in [5.74, 6) is 0.950. The van der Waals surface area contributed by atoms with Crippen molar-refractivity contribution in [2.75, 3.05) is 0 Å². The first-order valence-electron chi connectivity index (χ1n) is 9.33. The molecule has 31 heavy (non-hydrogen) atoms. The summed E-state index contributed by atoms with van der Waals surface area (Å²) < 4.78 is 7.53. The van der Waals surface area contributed by atoms with Crippen LogP contribution in [0, 0.1) is 10.1 Å². The van der Waals surface area contributed by atoms with Crippen LogP contribution in [-0.4, -0.2) is 25.4 Å². The number of nitrogens with one attached hydrogen (secondary N) is 1. The molecule has 0 bridgehead atoms. The van der Waals surface area contributed by atoms with Gasteiger partial charge >= 0.3 is 0 Å². The number of carbonyl (C=O) groups is 1. The molecule has 0 aliphatic rings. The van der Waals surface area contributed by atoms with Crippen LogP contribution in [0.2, 0.25) is 0 Å². The molecule has 1 amide bonds. The summed E-state index contributed by atoms with van der Waals surface area (Å²) in [6, 6.07) is 16.4. The smallest absolute Gasteiger partial charge is 0.270 e. The molecule has 0 spiro atoms. The van der Waals surface area contributed by atoms with Gasteiger partial charge in [-0.05, 0) is 29.8 Å². The normalized spacial score (nSPS) is 10.5. The fourth-order valence-electron chi connectivity index (χ4n) is 2.86. The van der Waals surface area contributed by atoms with E-state index in [1.807, 2.05) is 12.1 Å². The van der Waals surface area contributed by atoms with Gasteiger partial charge in [0.05, 0.1) is 10.5 Å². The van der Waals surface area contributed by atoms with Gasteiger partial charge < -0.3 is 10.1 Å². The lowest BCUT2D eigenvalue weighted by Gasteiger charge is -2.12. The molecule has 0 aliphatic heterocycles. The minimum absolute atomic E-state index is 0.0704. The number of carbonyl (C=O) groups excluding carboxylic acids is 1. The number of nitrogens with zero attached hydrogens (tertiary/aromatic N) is 4. The van der Waals surface area contributed by atoms with Crippen LogP contribution >= 0.6 is 0 Å².